The minimum atomic E-state index is -1.02. The molecule has 9 heteroatoms. The average molecular weight is 396 g/mol. The highest BCUT2D eigenvalue weighted by atomic mass is 79.9. The summed E-state index contributed by atoms with van der Waals surface area (Å²) < 4.78 is 6.46. The van der Waals surface area contributed by atoms with Gasteiger partial charge in [0.15, 0.2) is 0 Å². The topological polar surface area (TPSA) is 118 Å². The zero-order chi connectivity index (χ0) is 17.7. The van der Waals surface area contributed by atoms with Gasteiger partial charge in [0.05, 0.1) is 11.5 Å². The Morgan fingerprint density at radius 3 is 2.83 bits per heavy atom. The number of nitrogens with zero attached hydrogens (tertiary/aromatic N) is 2. The van der Waals surface area contributed by atoms with Crippen molar-refractivity contribution in [3.05, 3.63) is 54.5 Å². The molecule has 126 valence electrons. The smallest absolute Gasteiger partial charge is 0.395 e. The molecule has 8 nitrogen and oxygen atoms in total. The van der Waals surface area contributed by atoms with Crippen molar-refractivity contribution in [2.24, 2.45) is 0 Å². The Balaban J connectivity index is 2.36. The first-order valence-electron chi connectivity index (χ1n) is 7.00. The normalized spacial score (nSPS) is 10.9. The van der Waals surface area contributed by atoms with Gasteiger partial charge in [-0.05, 0) is 36.8 Å². The van der Waals surface area contributed by atoms with Crippen LogP contribution in [-0.4, -0.2) is 26.6 Å². The van der Waals surface area contributed by atoms with E-state index in [2.05, 4.69) is 25.9 Å². The molecule has 0 atom stereocenters. The van der Waals surface area contributed by atoms with Crippen LogP contribution in [0.4, 0.5) is 5.69 Å². The van der Waals surface area contributed by atoms with Gasteiger partial charge in [-0.3, -0.25) is 14.9 Å². The van der Waals surface area contributed by atoms with Crippen LogP contribution in [0.25, 0.3) is 12.2 Å². The number of nitro groups is 1. The molecule has 0 spiro atoms. The van der Waals surface area contributed by atoms with Crippen LogP contribution in [0.3, 0.4) is 0 Å². The summed E-state index contributed by atoms with van der Waals surface area (Å²) in [5.41, 5.74) is -1.29. The first kappa shape index (κ1) is 17.7. The molecule has 0 amide bonds. The number of halogens is 1. The van der Waals surface area contributed by atoms with Gasteiger partial charge in [0.2, 0.25) is 0 Å². The maximum atomic E-state index is 11.6. The van der Waals surface area contributed by atoms with E-state index in [9.17, 15) is 20.0 Å². The Kier molecular flexibility index (Phi) is 5.69. The molecule has 1 heterocycles. The highest BCUT2D eigenvalue weighted by Crippen LogP contribution is 2.25. The third kappa shape index (κ3) is 4.19. The van der Waals surface area contributed by atoms with Gasteiger partial charge < -0.3 is 14.8 Å². The summed E-state index contributed by atoms with van der Waals surface area (Å²) >= 11 is 3.36. The van der Waals surface area contributed by atoms with E-state index in [1.54, 1.807) is 12.1 Å². The molecule has 1 aromatic heterocycles. The van der Waals surface area contributed by atoms with Crippen LogP contribution in [0.1, 0.15) is 24.7 Å². The molecule has 0 aliphatic carbocycles. The predicted molar refractivity (Wildman–Crippen MR) is 92.0 cm³/mol. The molecule has 0 aliphatic heterocycles. The summed E-state index contributed by atoms with van der Waals surface area (Å²) in [5.74, 6) is -0.297. The Bertz CT molecular complexity index is 847. The number of hydrogen-bond acceptors (Lipinski definition) is 6. The molecule has 2 rings (SSSR count). The van der Waals surface area contributed by atoms with Gasteiger partial charge in [-0.2, -0.15) is 4.98 Å². The number of aromatic amines is 1. The van der Waals surface area contributed by atoms with E-state index >= 15 is 0 Å². The Labute approximate surface area is 145 Å². The zero-order valence-electron chi connectivity index (χ0n) is 12.7. The summed E-state index contributed by atoms with van der Waals surface area (Å²) in [7, 11) is 0. The summed E-state index contributed by atoms with van der Waals surface area (Å²) in [6.07, 6.45) is 3.90. The van der Waals surface area contributed by atoms with Crippen LogP contribution in [0.15, 0.2) is 27.5 Å². The lowest BCUT2D eigenvalue weighted by Gasteiger charge is -2.08. The summed E-state index contributed by atoms with van der Waals surface area (Å²) in [4.78, 5) is 27.1. The van der Waals surface area contributed by atoms with Crippen LogP contribution in [-0.2, 0) is 0 Å². The van der Waals surface area contributed by atoms with Crippen molar-refractivity contribution in [1.82, 2.24) is 9.97 Å². The predicted octanol–water partition coefficient (Wildman–Crippen LogP) is 3.11. The largest absolute Gasteiger partial charge is 0.493 e. The highest BCUT2D eigenvalue weighted by Gasteiger charge is 2.21. The van der Waals surface area contributed by atoms with E-state index in [4.69, 9.17) is 4.74 Å². The zero-order valence-corrected chi connectivity index (χ0v) is 14.2. The molecule has 2 aromatic rings. The molecule has 0 saturated heterocycles. The SMILES string of the molecule is CCCOc1ccc(Br)cc1/C=C\c1nc(O)c([N+](=O)[O-])c(=O)[nH]1. The number of hydrogen-bond donors (Lipinski definition) is 2. The van der Waals surface area contributed by atoms with Gasteiger partial charge >= 0.3 is 11.2 Å². The number of benzene rings is 1. The lowest BCUT2D eigenvalue weighted by molar-refractivity contribution is -0.387. The minimum absolute atomic E-state index is 0.00971. The number of ether oxygens (including phenoxy) is 1. The Morgan fingerprint density at radius 2 is 2.21 bits per heavy atom. The summed E-state index contributed by atoms with van der Waals surface area (Å²) in [6.45, 7) is 2.54. The molecule has 0 fully saturated rings. The number of aromatic hydroxyl groups is 1. The molecule has 0 bridgehead atoms. The van der Waals surface area contributed by atoms with Gasteiger partial charge in [0.25, 0.3) is 5.88 Å². The van der Waals surface area contributed by atoms with Crippen molar-refractivity contribution in [3.8, 4) is 11.6 Å². The first-order chi connectivity index (χ1) is 11.4. The maximum absolute atomic E-state index is 11.6. The molecule has 0 radical (unpaired) electrons. The van der Waals surface area contributed by atoms with Gasteiger partial charge in [-0.25, -0.2) is 0 Å². The van der Waals surface area contributed by atoms with Crippen molar-refractivity contribution < 1.29 is 14.8 Å². The van der Waals surface area contributed by atoms with Gasteiger partial charge in [-0.1, -0.05) is 22.9 Å². The lowest BCUT2D eigenvalue weighted by Crippen LogP contribution is -2.14. The third-order valence-corrected chi connectivity index (χ3v) is 3.42. The fourth-order valence-corrected chi connectivity index (χ4v) is 2.26. The van der Waals surface area contributed by atoms with E-state index in [1.165, 1.54) is 6.08 Å². The molecule has 0 saturated carbocycles. The van der Waals surface area contributed by atoms with Gasteiger partial charge in [-0.15, -0.1) is 0 Å². The fourth-order valence-electron chi connectivity index (χ4n) is 1.88. The second kappa shape index (κ2) is 7.73. The quantitative estimate of drug-likeness (QED) is 0.572. The Morgan fingerprint density at radius 1 is 1.46 bits per heavy atom. The first-order valence-corrected chi connectivity index (χ1v) is 7.79. The number of nitrogens with one attached hydrogen (secondary N) is 1. The van der Waals surface area contributed by atoms with Gasteiger partial charge in [0.1, 0.15) is 11.6 Å². The molecule has 2 N–H and O–H groups in total. The fraction of sp³-hybridized carbons (Fsp3) is 0.200. The molecule has 0 aliphatic rings. The lowest BCUT2D eigenvalue weighted by atomic mass is 10.2. The van der Waals surface area contributed by atoms with Crippen LogP contribution in [0, 0.1) is 10.1 Å². The summed E-state index contributed by atoms with van der Waals surface area (Å²) in [6, 6.07) is 5.44. The highest BCUT2D eigenvalue weighted by molar-refractivity contribution is 9.10. The average Bonchev–Trinajstić information content (AvgIpc) is 2.51. The van der Waals surface area contributed by atoms with E-state index in [-0.39, 0.29) is 5.82 Å². The molecule has 1 aromatic carbocycles. The van der Waals surface area contributed by atoms with E-state index in [0.717, 1.165) is 16.5 Å². The van der Waals surface area contributed by atoms with Crippen molar-refractivity contribution in [2.45, 2.75) is 13.3 Å². The van der Waals surface area contributed by atoms with Crippen LogP contribution in [0.5, 0.6) is 11.6 Å². The number of aromatic nitrogens is 2. The molecule has 24 heavy (non-hydrogen) atoms. The van der Waals surface area contributed by atoms with Crippen LogP contribution in [0.2, 0.25) is 0 Å². The summed E-state index contributed by atoms with van der Waals surface area (Å²) in [5, 5.41) is 20.2. The minimum Gasteiger partial charge on any atom is -0.493 e. The van der Waals surface area contributed by atoms with Crippen molar-refractivity contribution in [2.75, 3.05) is 6.61 Å². The molecular weight excluding hydrogens is 382 g/mol. The van der Waals surface area contributed by atoms with E-state index < -0.39 is 22.0 Å². The number of rotatable bonds is 6. The monoisotopic (exact) mass is 395 g/mol. The number of H-pyrrole nitrogens is 1. The Hall–Kier alpha value is -2.68. The van der Waals surface area contributed by atoms with Crippen molar-refractivity contribution in [3.63, 3.8) is 0 Å². The second-order valence-corrected chi connectivity index (χ2v) is 5.66. The second-order valence-electron chi connectivity index (χ2n) is 4.74. The van der Waals surface area contributed by atoms with Crippen LogP contribution < -0.4 is 10.3 Å². The van der Waals surface area contributed by atoms with Crippen molar-refractivity contribution >= 4 is 33.8 Å². The maximum Gasteiger partial charge on any atom is 0.395 e. The molecular formula is C15H14BrN3O5. The van der Waals surface area contributed by atoms with E-state index in [0.29, 0.717) is 12.4 Å². The van der Waals surface area contributed by atoms with Gasteiger partial charge in [0, 0.05) is 10.0 Å². The standard InChI is InChI=1S/C15H14BrN3O5/c1-2-7-24-11-5-4-10(16)8-9(11)3-6-12-17-14(20)13(19(22)23)15(21)18-12/h3-6,8H,2,7H2,1H3,(H2,17,18,20,21)/b6-3-. The third-order valence-electron chi connectivity index (χ3n) is 2.93. The van der Waals surface area contributed by atoms with Crippen LogP contribution >= 0.6 is 15.9 Å². The molecule has 0 unspecified atom stereocenters. The van der Waals surface area contributed by atoms with E-state index in [1.807, 2.05) is 19.1 Å². The van der Waals surface area contributed by atoms with Crippen molar-refractivity contribution in [1.29, 1.82) is 0 Å².